The van der Waals surface area contributed by atoms with E-state index in [1.165, 1.54) is 18.1 Å². The molecule has 3 N–H and O–H groups in total. The molecular formula is C17H17N5O3S. The monoisotopic (exact) mass is 371 g/mol. The molecular weight excluding hydrogens is 354 g/mol. The van der Waals surface area contributed by atoms with Crippen LogP contribution in [-0.2, 0) is 0 Å². The Hall–Kier alpha value is -2.49. The summed E-state index contributed by atoms with van der Waals surface area (Å²) in [5.74, 6) is 0.0658. The SMILES string of the molecule is O=C(Nc1ncnc2c1ncn2[C@H]1C[C@H](O)[C@@H](CO)S1)c1ccccc1. The van der Waals surface area contributed by atoms with Gasteiger partial charge in [0.2, 0.25) is 0 Å². The number of imidazole rings is 1. The molecule has 3 atom stereocenters. The third-order valence-electron chi connectivity index (χ3n) is 4.32. The highest BCUT2D eigenvalue weighted by molar-refractivity contribution is 8.00. The van der Waals surface area contributed by atoms with Gasteiger partial charge in [-0.15, -0.1) is 11.8 Å². The normalized spacial score (nSPS) is 22.6. The third-order valence-corrected chi connectivity index (χ3v) is 5.87. The van der Waals surface area contributed by atoms with Gasteiger partial charge in [-0.25, -0.2) is 15.0 Å². The molecule has 1 fully saturated rings. The van der Waals surface area contributed by atoms with E-state index in [9.17, 15) is 15.0 Å². The van der Waals surface area contributed by atoms with Crippen LogP contribution < -0.4 is 5.32 Å². The Morgan fingerprint density at radius 1 is 1.27 bits per heavy atom. The minimum Gasteiger partial charge on any atom is -0.395 e. The second-order valence-electron chi connectivity index (χ2n) is 5.98. The van der Waals surface area contributed by atoms with Crippen LogP contribution in [0, 0.1) is 0 Å². The van der Waals surface area contributed by atoms with Crippen LogP contribution in [0.1, 0.15) is 22.2 Å². The molecule has 1 aliphatic heterocycles. The van der Waals surface area contributed by atoms with Gasteiger partial charge in [0, 0.05) is 12.0 Å². The lowest BCUT2D eigenvalue weighted by Crippen LogP contribution is -2.20. The number of aromatic nitrogens is 4. The van der Waals surface area contributed by atoms with E-state index < -0.39 is 6.10 Å². The molecule has 0 bridgehead atoms. The standard InChI is InChI=1S/C17H17N5O3S/c23-7-12-11(24)6-13(26-12)22-9-20-14-15(18-8-19-16(14)22)21-17(25)10-4-2-1-3-5-10/h1-5,8-9,11-13,23-24H,6-7H2,(H,18,19,21,25)/t11-,12+,13+/m0/s1. The van der Waals surface area contributed by atoms with E-state index >= 15 is 0 Å². The number of aliphatic hydroxyl groups is 2. The zero-order chi connectivity index (χ0) is 18.1. The van der Waals surface area contributed by atoms with Gasteiger partial charge in [-0.3, -0.25) is 4.79 Å². The van der Waals surface area contributed by atoms with Crippen molar-refractivity contribution in [1.29, 1.82) is 0 Å². The van der Waals surface area contributed by atoms with Crippen LogP contribution in [0.4, 0.5) is 5.82 Å². The molecule has 0 saturated carbocycles. The molecule has 3 heterocycles. The maximum atomic E-state index is 12.4. The molecule has 0 spiro atoms. The van der Waals surface area contributed by atoms with Crippen molar-refractivity contribution < 1.29 is 15.0 Å². The van der Waals surface area contributed by atoms with Crippen LogP contribution in [0.3, 0.4) is 0 Å². The van der Waals surface area contributed by atoms with Crippen LogP contribution in [0.5, 0.6) is 0 Å². The summed E-state index contributed by atoms with van der Waals surface area (Å²) in [6, 6.07) is 8.86. The summed E-state index contributed by atoms with van der Waals surface area (Å²) in [4.78, 5) is 25.2. The summed E-state index contributed by atoms with van der Waals surface area (Å²) in [6.07, 6.45) is 2.92. The molecule has 0 radical (unpaired) electrons. The van der Waals surface area contributed by atoms with Crippen molar-refractivity contribution in [3.63, 3.8) is 0 Å². The van der Waals surface area contributed by atoms with Crippen molar-refractivity contribution in [2.75, 3.05) is 11.9 Å². The van der Waals surface area contributed by atoms with Gasteiger partial charge in [0.25, 0.3) is 5.91 Å². The van der Waals surface area contributed by atoms with Gasteiger partial charge >= 0.3 is 0 Å². The molecule has 134 valence electrons. The maximum Gasteiger partial charge on any atom is 0.256 e. The van der Waals surface area contributed by atoms with Crippen molar-refractivity contribution in [2.24, 2.45) is 0 Å². The fourth-order valence-electron chi connectivity index (χ4n) is 2.97. The smallest absolute Gasteiger partial charge is 0.256 e. The number of carbonyl (C=O) groups is 1. The highest BCUT2D eigenvalue weighted by Gasteiger charge is 2.35. The lowest BCUT2D eigenvalue weighted by Gasteiger charge is -2.12. The second kappa shape index (κ2) is 7.02. The number of anilines is 1. The van der Waals surface area contributed by atoms with Crippen LogP contribution in [0.2, 0.25) is 0 Å². The first-order valence-corrected chi connectivity index (χ1v) is 9.10. The molecule has 26 heavy (non-hydrogen) atoms. The summed E-state index contributed by atoms with van der Waals surface area (Å²) in [6.45, 7) is -0.0810. The first kappa shape index (κ1) is 17.0. The van der Waals surface area contributed by atoms with E-state index in [0.717, 1.165) is 0 Å². The quantitative estimate of drug-likeness (QED) is 0.636. The fourth-order valence-corrected chi connectivity index (χ4v) is 4.35. The van der Waals surface area contributed by atoms with E-state index in [2.05, 4.69) is 20.3 Å². The maximum absolute atomic E-state index is 12.4. The molecule has 1 saturated heterocycles. The van der Waals surface area contributed by atoms with Gasteiger partial charge in [0.1, 0.15) is 6.33 Å². The Morgan fingerprint density at radius 3 is 2.81 bits per heavy atom. The van der Waals surface area contributed by atoms with Crippen LogP contribution in [0.15, 0.2) is 43.0 Å². The number of aliphatic hydroxyl groups excluding tert-OH is 2. The number of hydrogen-bond donors (Lipinski definition) is 3. The van der Waals surface area contributed by atoms with Crippen molar-refractivity contribution in [2.45, 2.75) is 23.1 Å². The van der Waals surface area contributed by atoms with E-state index in [1.807, 2.05) is 10.6 Å². The van der Waals surface area contributed by atoms with Gasteiger partial charge in [0.05, 0.1) is 29.7 Å². The lowest BCUT2D eigenvalue weighted by atomic mass is 10.2. The number of benzene rings is 1. The average molecular weight is 371 g/mol. The van der Waals surface area contributed by atoms with Gasteiger partial charge < -0.3 is 20.1 Å². The first-order chi connectivity index (χ1) is 12.7. The van der Waals surface area contributed by atoms with Gasteiger partial charge in [-0.05, 0) is 12.1 Å². The van der Waals surface area contributed by atoms with Gasteiger partial charge in [-0.2, -0.15) is 0 Å². The highest BCUT2D eigenvalue weighted by atomic mass is 32.2. The first-order valence-electron chi connectivity index (χ1n) is 8.15. The minimum atomic E-state index is -0.577. The summed E-state index contributed by atoms with van der Waals surface area (Å²) in [5.41, 5.74) is 1.59. The Kier molecular flexibility index (Phi) is 4.58. The van der Waals surface area contributed by atoms with Crippen molar-refractivity contribution in [3.05, 3.63) is 48.5 Å². The molecule has 9 heteroatoms. The van der Waals surface area contributed by atoms with Crippen LogP contribution in [0.25, 0.3) is 11.2 Å². The van der Waals surface area contributed by atoms with Crippen molar-refractivity contribution >= 4 is 34.7 Å². The number of carbonyl (C=O) groups excluding carboxylic acids is 1. The zero-order valence-corrected chi connectivity index (χ0v) is 14.5. The van der Waals surface area contributed by atoms with Crippen LogP contribution >= 0.6 is 11.8 Å². The number of amides is 1. The Labute approximate surface area is 153 Å². The molecule has 1 amide bonds. The molecule has 3 aromatic rings. The molecule has 4 rings (SSSR count). The molecule has 1 aliphatic rings. The molecule has 0 unspecified atom stereocenters. The Bertz CT molecular complexity index is 933. The topological polar surface area (TPSA) is 113 Å². The Morgan fingerprint density at radius 2 is 2.08 bits per heavy atom. The number of nitrogens with zero attached hydrogens (tertiary/aromatic N) is 4. The average Bonchev–Trinajstić information content (AvgIpc) is 3.26. The van der Waals surface area contributed by atoms with E-state index in [0.29, 0.717) is 29.0 Å². The van der Waals surface area contributed by atoms with Crippen LogP contribution in [-0.4, -0.2) is 53.6 Å². The van der Waals surface area contributed by atoms with E-state index in [-0.39, 0.29) is 23.1 Å². The summed E-state index contributed by atoms with van der Waals surface area (Å²) < 4.78 is 1.85. The fraction of sp³-hybridized carbons (Fsp3) is 0.294. The number of rotatable bonds is 4. The zero-order valence-electron chi connectivity index (χ0n) is 13.7. The summed E-state index contributed by atoms with van der Waals surface area (Å²) in [7, 11) is 0. The third kappa shape index (κ3) is 3.05. The molecule has 0 aliphatic carbocycles. The predicted octanol–water partition coefficient (Wildman–Crippen LogP) is 1.44. The van der Waals surface area contributed by atoms with E-state index in [1.54, 1.807) is 30.6 Å². The van der Waals surface area contributed by atoms with Crippen molar-refractivity contribution in [3.8, 4) is 0 Å². The summed E-state index contributed by atoms with van der Waals surface area (Å²) in [5, 5.41) is 21.8. The predicted molar refractivity (Wildman–Crippen MR) is 97.8 cm³/mol. The highest BCUT2D eigenvalue weighted by Crippen LogP contribution is 2.42. The van der Waals surface area contributed by atoms with E-state index in [4.69, 9.17) is 0 Å². The van der Waals surface area contributed by atoms with Crippen molar-refractivity contribution in [1.82, 2.24) is 19.5 Å². The lowest BCUT2D eigenvalue weighted by molar-refractivity contribution is 0.102. The Balaban J connectivity index is 1.63. The summed E-state index contributed by atoms with van der Waals surface area (Å²) >= 11 is 1.48. The second-order valence-corrected chi connectivity index (χ2v) is 7.40. The van der Waals surface area contributed by atoms with Gasteiger partial charge in [-0.1, -0.05) is 18.2 Å². The number of hydrogen-bond acceptors (Lipinski definition) is 7. The molecule has 1 aromatic carbocycles. The number of thioether (sulfide) groups is 1. The minimum absolute atomic E-state index is 0.0810. The number of fused-ring (bicyclic) bond motifs is 1. The van der Waals surface area contributed by atoms with Gasteiger partial charge in [0.15, 0.2) is 17.0 Å². The molecule has 2 aromatic heterocycles. The largest absolute Gasteiger partial charge is 0.395 e. The molecule has 8 nitrogen and oxygen atoms in total. The number of nitrogens with one attached hydrogen (secondary N) is 1.